The number of imidazole rings is 1. The normalized spacial score (nSPS) is 14.8. The van der Waals surface area contributed by atoms with Crippen molar-refractivity contribution in [3.8, 4) is 0 Å². The molecule has 2 N–H and O–H groups in total. The van der Waals surface area contributed by atoms with Gasteiger partial charge in [-0.05, 0) is 12.8 Å². The van der Waals surface area contributed by atoms with Gasteiger partial charge in [0.15, 0.2) is 0 Å². The molecule has 0 aliphatic heterocycles. The van der Waals surface area contributed by atoms with Crippen LogP contribution in [0.5, 0.6) is 0 Å². The molecule has 5 heteroatoms. The van der Waals surface area contributed by atoms with E-state index in [1.54, 1.807) is 31.5 Å². The topological polar surface area (TPSA) is 64.1 Å². The maximum Gasteiger partial charge on any atom is 0.244 e. The first-order valence-electron chi connectivity index (χ1n) is 5.84. The molecule has 0 saturated heterocycles. The Balaban J connectivity index is 3.00. The maximum absolute atomic E-state index is 11.9. The largest absolute Gasteiger partial charge is 0.347 e. The first kappa shape index (κ1) is 13.7. The summed E-state index contributed by atoms with van der Waals surface area (Å²) in [5.41, 5.74) is 7.02. The van der Waals surface area contributed by atoms with Crippen LogP contribution >= 0.6 is 0 Å². The van der Waals surface area contributed by atoms with Crippen molar-refractivity contribution in [1.29, 1.82) is 0 Å². The molecule has 0 radical (unpaired) electrons. The van der Waals surface area contributed by atoms with E-state index in [2.05, 4.69) is 18.8 Å². The molecule has 1 rings (SSSR count). The first-order valence-corrected chi connectivity index (χ1v) is 5.84. The third kappa shape index (κ3) is 2.85. The van der Waals surface area contributed by atoms with Crippen molar-refractivity contribution in [1.82, 2.24) is 14.5 Å². The Hall–Kier alpha value is -1.36. The number of carbonyl (C=O) groups excluding carboxylic acids is 1. The van der Waals surface area contributed by atoms with Crippen LogP contribution in [0.25, 0.3) is 0 Å². The van der Waals surface area contributed by atoms with Gasteiger partial charge < -0.3 is 15.2 Å². The summed E-state index contributed by atoms with van der Waals surface area (Å²) in [6.07, 6.45) is 3.41. The van der Waals surface area contributed by atoms with Crippen LogP contribution < -0.4 is 5.73 Å². The fourth-order valence-electron chi connectivity index (χ4n) is 1.73. The van der Waals surface area contributed by atoms with Gasteiger partial charge in [-0.2, -0.15) is 0 Å². The summed E-state index contributed by atoms with van der Waals surface area (Å²) in [5, 5.41) is 0. The molecule has 0 saturated carbocycles. The van der Waals surface area contributed by atoms with Gasteiger partial charge in [0.1, 0.15) is 6.04 Å². The van der Waals surface area contributed by atoms with E-state index in [-0.39, 0.29) is 18.0 Å². The average molecular weight is 238 g/mol. The molecular formula is C12H22N4O. The van der Waals surface area contributed by atoms with Crippen LogP contribution in [0.15, 0.2) is 12.5 Å². The van der Waals surface area contributed by atoms with Crippen LogP contribution in [0, 0.1) is 5.92 Å². The third-order valence-electron chi connectivity index (χ3n) is 2.97. The predicted molar refractivity (Wildman–Crippen MR) is 67.4 cm³/mol. The SMILES string of the molecule is CC(C)C(N)c1cncn1C(C)C(=O)N(C)C. The lowest BCUT2D eigenvalue weighted by atomic mass is 10.0. The molecule has 0 spiro atoms. The zero-order valence-corrected chi connectivity index (χ0v) is 11.2. The van der Waals surface area contributed by atoms with E-state index in [0.717, 1.165) is 5.69 Å². The number of nitrogens with zero attached hydrogens (tertiary/aromatic N) is 3. The van der Waals surface area contributed by atoms with Crippen molar-refractivity contribution in [2.45, 2.75) is 32.9 Å². The zero-order chi connectivity index (χ0) is 13.2. The second kappa shape index (κ2) is 5.31. The number of rotatable bonds is 4. The molecular weight excluding hydrogens is 216 g/mol. The van der Waals surface area contributed by atoms with Crippen LogP contribution in [-0.4, -0.2) is 34.5 Å². The molecule has 1 aromatic rings. The second-order valence-electron chi connectivity index (χ2n) is 4.90. The first-order chi connectivity index (χ1) is 7.86. The molecule has 0 aromatic carbocycles. The monoisotopic (exact) mass is 238 g/mol. The summed E-state index contributed by atoms with van der Waals surface area (Å²) in [6.45, 7) is 5.97. The molecule has 0 aliphatic rings. The molecule has 0 bridgehead atoms. The van der Waals surface area contributed by atoms with Crippen molar-refractivity contribution < 1.29 is 4.79 Å². The minimum absolute atomic E-state index is 0.0419. The van der Waals surface area contributed by atoms with Crippen molar-refractivity contribution >= 4 is 5.91 Å². The summed E-state index contributed by atoms with van der Waals surface area (Å²) < 4.78 is 1.85. The number of likely N-dealkylation sites (N-methyl/N-ethyl adjacent to an activating group) is 1. The summed E-state index contributed by atoms with van der Waals surface area (Å²) in [7, 11) is 3.50. The fraction of sp³-hybridized carbons (Fsp3) is 0.667. The lowest BCUT2D eigenvalue weighted by Crippen LogP contribution is -2.32. The summed E-state index contributed by atoms with van der Waals surface area (Å²) in [5.74, 6) is 0.354. The van der Waals surface area contributed by atoms with E-state index in [0.29, 0.717) is 5.92 Å². The van der Waals surface area contributed by atoms with Gasteiger partial charge >= 0.3 is 0 Å². The number of amides is 1. The number of carbonyl (C=O) groups is 1. The van der Waals surface area contributed by atoms with Crippen LogP contribution in [0.1, 0.15) is 38.5 Å². The Kier molecular flexibility index (Phi) is 4.28. The molecule has 96 valence electrons. The van der Waals surface area contributed by atoms with E-state index in [1.807, 2.05) is 11.5 Å². The third-order valence-corrected chi connectivity index (χ3v) is 2.97. The molecule has 1 amide bonds. The van der Waals surface area contributed by atoms with Gasteiger partial charge in [-0.25, -0.2) is 4.98 Å². The fourth-order valence-corrected chi connectivity index (χ4v) is 1.73. The van der Waals surface area contributed by atoms with Crippen LogP contribution in [0.3, 0.4) is 0 Å². The van der Waals surface area contributed by atoms with Gasteiger partial charge in [-0.1, -0.05) is 13.8 Å². The molecule has 17 heavy (non-hydrogen) atoms. The van der Waals surface area contributed by atoms with E-state index in [4.69, 9.17) is 5.73 Å². The number of hydrogen-bond acceptors (Lipinski definition) is 3. The molecule has 2 unspecified atom stereocenters. The van der Waals surface area contributed by atoms with E-state index < -0.39 is 0 Å². The highest BCUT2D eigenvalue weighted by Gasteiger charge is 2.22. The minimum Gasteiger partial charge on any atom is -0.347 e. The van der Waals surface area contributed by atoms with Crippen molar-refractivity contribution in [3.05, 3.63) is 18.2 Å². The Morgan fingerprint density at radius 1 is 1.41 bits per heavy atom. The van der Waals surface area contributed by atoms with Crippen LogP contribution in [0.4, 0.5) is 0 Å². The molecule has 0 fully saturated rings. The smallest absolute Gasteiger partial charge is 0.244 e. The zero-order valence-electron chi connectivity index (χ0n) is 11.2. The Labute approximate surface area is 103 Å². The highest BCUT2D eigenvalue weighted by atomic mass is 16.2. The van der Waals surface area contributed by atoms with E-state index >= 15 is 0 Å². The van der Waals surface area contributed by atoms with Gasteiger partial charge in [0, 0.05) is 26.3 Å². The van der Waals surface area contributed by atoms with Gasteiger partial charge in [-0.15, -0.1) is 0 Å². The Morgan fingerprint density at radius 2 is 2.00 bits per heavy atom. The Morgan fingerprint density at radius 3 is 2.47 bits per heavy atom. The number of nitrogens with two attached hydrogens (primary N) is 1. The predicted octanol–water partition coefficient (Wildman–Crippen LogP) is 1.19. The standard InChI is InChI=1S/C12H22N4O/c1-8(2)11(13)10-6-14-7-16(10)9(3)12(17)15(4)5/h6-9,11H,13H2,1-5H3. The lowest BCUT2D eigenvalue weighted by molar-refractivity contribution is -0.131. The molecule has 2 atom stereocenters. The summed E-state index contributed by atoms with van der Waals surface area (Å²) in [6, 6.07) is -0.373. The average Bonchev–Trinajstić information content (AvgIpc) is 2.74. The van der Waals surface area contributed by atoms with Crippen LogP contribution in [-0.2, 0) is 4.79 Å². The molecule has 5 nitrogen and oxygen atoms in total. The van der Waals surface area contributed by atoms with Gasteiger partial charge in [-0.3, -0.25) is 4.79 Å². The lowest BCUT2D eigenvalue weighted by Gasteiger charge is -2.23. The van der Waals surface area contributed by atoms with E-state index in [9.17, 15) is 4.79 Å². The summed E-state index contributed by atoms with van der Waals surface area (Å²) >= 11 is 0. The second-order valence-corrected chi connectivity index (χ2v) is 4.90. The molecule has 1 heterocycles. The molecule has 1 aromatic heterocycles. The van der Waals surface area contributed by atoms with Crippen molar-refractivity contribution in [2.24, 2.45) is 11.7 Å². The minimum atomic E-state index is -0.271. The molecule has 0 aliphatic carbocycles. The quantitative estimate of drug-likeness (QED) is 0.857. The summed E-state index contributed by atoms with van der Waals surface area (Å²) in [4.78, 5) is 17.6. The number of hydrogen-bond donors (Lipinski definition) is 1. The maximum atomic E-state index is 11.9. The van der Waals surface area contributed by atoms with Crippen LogP contribution in [0.2, 0.25) is 0 Å². The highest BCUT2D eigenvalue weighted by Crippen LogP contribution is 2.22. The van der Waals surface area contributed by atoms with Crippen molar-refractivity contribution in [3.63, 3.8) is 0 Å². The van der Waals surface area contributed by atoms with E-state index in [1.165, 1.54) is 0 Å². The highest BCUT2D eigenvalue weighted by molar-refractivity contribution is 5.79. The van der Waals surface area contributed by atoms with Gasteiger partial charge in [0.25, 0.3) is 0 Å². The Bertz CT molecular complexity index is 384. The van der Waals surface area contributed by atoms with Gasteiger partial charge in [0.05, 0.1) is 12.0 Å². The number of aromatic nitrogens is 2. The van der Waals surface area contributed by atoms with Crippen molar-refractivity contribution in [2.75, 3.05) is 14.1 Å². The van der Waals surface area contributed by atoms with Gasteiger partial charge in [0.2, 0.25) is 5.91 Å².